The van der Waals surface area contributed by atoms with Crippen LogP contribution in [0.4, 0.5) is 14.5 Å². The third-order valence-electron chi connectivity index (χ3n) is 1.51. The maximum atomic E-state index is 12.9. The highest BCUT2D eigenvalue weighted by molar-refractivity contribution is 9.11. The van der Waals surface area contributed by atoms with E-state index in [2.05, 4.69) is 15.9 Å². The molecule has 0 aliphatic heterocycles. The lowest BCUT2D eigenvalue weighted by atomic mass is 10.2. The third kappa shape index (κ3) is 2.14. The summed E-state index contributed by atoms with van der Waals surface area (Å²) in [5.74, 6) is -2.02. The van der Waals surface area contributed by atoms with Crippen molar-refractivity contribution < 1.29 is 13.7 Å². The molecule has 6 heteroatoms. The molecule has 0 aliphatic carbocycles. The van der Waals surface area contributed by atoms with Gasteiger partial charge in [0, 0.05) is 17.7 Å². The van der Waals surface area contributed by atoms with Crippen molar-refractivity contribution in [3.05, 3.63) is 44.4 Å². The van der Waals surface area contributed by atoms with Crippen LogP contribution in [0.15, 0.2) is 17.1 Å². The van der Waals surface area contributed by atoms with Crippen LogP contribution in [-0.4, -0.2) is 4.92 Å². The highest BCUT2D eigenvalue weighted by Crippen LogP contribution is 2.22. The second-order valence-corrected chi connectivity index (χ2v) is 2.90. The third-order valence-corrected chi connectivity index (χ3v) is 1.77. The van der Waals surface area contributed by atoms with Crippen LogP contribution in [0, 0.1) is 21.7 Å². The van der Waals surface area contributed by atoms with Crippen LogP contribution in [0.2, 0.25) is 0 Å². The summed E-state index contributed by atoms with van der Waals surface area (Å²) in [6.07, 6.45) is 1.25. The van der Waals surface area contributed by atoms with Gasteiger partial charge in [-0.1, -0.05) is 15.9 Å². The lowest BCUT2D eigenvalue weighted by molar-refractivity contribution is -0.387. The molecule has 1 rings (SSSR count). The molecule has 0 N–H and O–H groups in total. The molecule has 0 fully saturated rings. The van der Waals surface area contributed by atoms with Crippen molar-refractivity contribution in [3.8, 4) is 0 Å². The van der Waals surface area contributed by atoms with Crippen molar-refractivity contribution in [1.29, 1.82) is 0 Å². The monoisotopic (exact) mass is 263 g/mol. The molecule has 0 aromatic heterocycles. The minimum absolute atomic E-state index is 0.0463. The van der Waals surface area contributed by atoms with Gasteiger partial charge >= 0.3 is 5.69 Å². The second-order valence-electron chi connectivity index (χ2n) is 2.37. The van der Waals surface area contributed by atoms with E-state index in [0.29, 0.717) is 6.07 Å². The van der Waals surface area contributed by atoms with Crippen molar-refractivity contribution in [2.24, 2.45) is 0 Å². The first kappa shape index (κ1) is 10.8. The molecule has 0 bridgehead atoms. The van der Waals surface area contributed by atoms with Gasteiger partial charge in [0.15, 0.2) is 0 Å². The fraction of sp³-hybridized carbons (Fsp3) is 0. The molecule has 74 valence electrons. The summed E-state index contributed by atoms with van der Waals surface area (Å²) >= 11 is 2.89. The van der Waals surface area contributed by atoms with E-state index in [1.54, 1.807) is 0 Å². The molecule has 1 aromatic rings. The highest BCUT2D eigenvalue weighted by Gasteiger charge is 2.16. The zero-order valence-corrected chi connectivity index (χ0v) is 8.29. The predicted octanol–water partition coefficient (Wildman–Crippen LogP) is 3.24. The molecule has 0 amide bonds. The number of hydrogen-bond donors (Lipinski definition) is 0. The Bertz CT molecular complexity index is 407. The quantitative estimate of drug-likeness (QED) is 0.607. The van der Waals surface area contributed by atoms with Gasteiger partial charge < -0.3 is 0 Å². The standard InChI is InChI=1S/C8H4BrF2NO2/c9-2-1-5-3-8(12(13)14)7(11)4-6(5)10/h1-4H/b2-1+. The van der Waals surface area contributed by atoms with Gasteiger partial charge in [0.25, 0.3) is 0 Å². The Morgan fingerprint density at radius 3 is 2.50 bits per heavy atom. The minimum Gasteiger partial charge on any atom is -0.258 e. The Kier molecular flexibility index (Phi) is 3.29. The number of nitro groups is 1. The summed E-state index contributed by atoms with van der Waals surface area (Å²) in [6, 6.07) is 1.32. The molecule has 0 spiro atoms. The van der Waals surface area contributed by atoms with Gasteiger partial charge in [-0.25, -0.2) is 4.39 Å². The van der Waals surface area contributed by atoms with Gasteiger partial charge in [0.05, 0.1) is 4.92 Å². The number of halogens is 3. The Balaban J connectivity index is 3.34. The maximum Gasteiger partial charge on any atom is 0.305 e. The molecule has 0 unspecified atom stereocenters. The zero-order chi connectivity index (χ0) is 10.7. The number of nitrogens with zero attached hydrogens (tertiary/aromatic N) is 1. The van der Waals surface area contributed by atoms with Gasteiger partial charge in [-0.3, -0.25) is 10.1 Å². The van der Waals surface area contributed by atoms with Gasteiger partial charge in [0.1, 0.15) is 5.82 Å². The smallest absolute Gasteiger partial charge is 0.258 e. The summed E-state index contributed by atoms with van der Waals surface area (Å²) in [4.78, 5) is 10.7. The van der Waals surface area contributed by atoms with Crippen LogP contribution < -0.4 is 0 Å². The van der Waals surface area contributed by atoms with E-state index < -0.39 is 22.2 Å². The van der Waals surface area contributed by atoms with Crippen molar-refractivity contribution in [1.82, 2.24) is 0 Å². The van der Waals surface area contributed by atoms with Crippen molar-refractivity contribution in [2.75, 3.05) is 0 Å². The molecule has 3 nitrogen and oxygen atoms in total. The van der Waals surface area contributed by atoms with E-state index in [1.165, 1.54) is 11.1 Å². The minimum atomic E-state index is -1.18. The molecule has 0 radical (unpaired) electrons. The van der Waals surface area contributed by atoms with Crippen LogP contribution in [0.5, 0.6) is 0 Å². The Labute approximate surface area is 86.3 Å². The van der Waals surface area contributed by atoms with E-state index in [9.17, 15) is 18.9 Å². The van der Waals surface area contributed by atoms with Crippen LogP contribution in [0.25, 0.3) is 6.08 Å². The van der Waals surface area contributed by atoms with Crippen molar-refractivity contribution >= 4 is 27.7 Å². The summed E-state index contributed by atoms with van der Waals surface area (Å²) in [6.45, 7) is 0. The van der Waals surface area contributed by atoms with Crippen LogP contribution in [0.1, 0.15) is 5.56 Å². The second kappa shape index (κ2) is 4.28. The van der Waals surface area contributed by atoms with Crippen LogP contribution in [-0.2, 0) is 0 Å². The van der Waals surface area contributed by atoms with E-state index in [0.717, 1.165) is 6.07 Å². The lowest BCUT2D eigenvalue weighted by Gasteiger charge is -1.98. The van der Waals surface area contributed by atoms with Crippen LogP contribution >= 0.6 is 15.9 Å². The lowest BCUT2D eigenvalue weighted by Crippen LogP contribution is -1.95. The Morgan fingerprint density at radius 1 is 1.36 bits per heavy atom. The van der Waals surface area contributed by atoms with E-state index in [4.69, 9.17) is 0 Å². The summed E-state index contributed by atoms with van der Waals surface area (Å²) in [7, 11) is 0. The fourth-order valence-electron chi connectivity index (χ4n) is 0.889. The SMILES string of the molecule is O=[N+]([O-])c1cc(/C=C/Br)c(F)cc1F. The molecule has 1 aromatic carbocycles. The van der Waals surface area contributed by atoms with E-state index >= 15 is 0 Å². The number of benzene rings is 1. The molecule has 14 heavy (non-hydrogen) atoms. The Morgan fingerprint density at radius 2 is 2.00 bits per heavy atom. The molecule has 0 heterocycles. The summed E-state index contributed by atoms with van der Waals surface area (Å²) < 4.78 is 25.8. The first-order valence-corrected chi connectivity index (χ1v) is 4.38. The van der Waals surface area contributed by atoms with E-state index in [-0.39, 0.29) is 5.56 Å². The van der Waals surface area contributed by atoms with Gasteiger partial charge in [-0.05, 0) is 11.1 Å². The first-order chi connectivity index (χ1) is 6.56. The highest BCUT2D eigenvalue weighted by atomic mass is 79.9. The fourth-order valence-corrected chi connectivity index (χ4v) is 1.17. The molecular formula is C8H4BrF2NO2. The topological polar surface area (TPSA) is 43.1 Å². The molecular weight excluding hydrogens is 260 g/mol. The summed E-state index contributed by atoms with van der Waals surface area (Å²) in [5, 5.41) is 10.3. The largest absolute Gasteiger partial charge is 0.305 e. The molecule has 0 atom stereocenters. The van der Waals surface area contributed by atoms with Crippen molar-refractivity contribution in [3.63, 3.8) is 0 Å². The average Bonchev–Trinajstić information content (AvgIpc) is 2.09. The molecule has 0 saturated heterocycles. The van der Waals surface area contributed by atoms with Gasteiger partial charge in [-0.2, -0.15) is 4.39 Å². The first-order valence-electron chi connectivity index (χ1n) is 3.46. The zero-order valence-electron chi connectivity index (χ0n) is 6.71. The normalized spacial score (nSPS) is 10.8. The molecule has 0 aliphatic rings. The van der Waals surface area contributed by atoms with Gasteiger partial charge in [0.2, 0.25) is 5.82 Å². The number of nitro benzene ring substituents is 1. The van der Waals surface area contributed by atoms with Crippen LogP contribution in [0.3, 0.4) is 0 Å². The Hall–Kier alpha value is -1.30. The maximum absolute atomic E-state index is 12.9. The number of hydrogen-bond acceptors (Lipinski definition) is 2. The van der Waals surface area contributed by atoms with Gasteiger partial charge in [-0.15, -0.1) is 0 Å². The predicted molar refractivity (Wildman–Crippen MR) is 51.0 cm³/mol. The summed E-state index contributed by atoms with van der Waals surface area (Å²) in [5.41, 5.74) is -0.790. The number of rotatable bonds is 2. The van der Waals surface area contributed by atoms with E-state index in [1.807, 2.05) is 0 Å². The van der Waals surface area contributed by atoms with Crippen molar-refractivity contribution in [2.45, 2.75) is 0 Å². The molecule has 0 saturated carbocycles. The average molecular weight is 264 g/mol.